The molecular formula is C16H17F2N. The first-order chi connectivity index (χ1) is 9.20. The minimum atomic E-state index is -0.560. The lowest BCUT2D eigenvalue weighted by Gasteiger charge is -2.20. The van der Waals surface area contributed by atoms with E-state index in [1.807, 2.05) is 30.3 Å². The second kappa shape index (κ2) is 6.32. The molecular weight excluding hydrogens is 244 g/mol. The van der Waals surface area contributed by atoms with Crippen LogP contribution >= 0.6 is 0 Å². The van der Waals surface area contributed by atoms with Gasteiger partial charge in [-0.05, 0) is 24.1 Å². The molecule has 0 aliphatic carbocycles. The van der Waals surface area contributed by atoms with Crippen LogP contribution in [-0.2, 0) is 0 Å². The quantitative estimate of drug-likeness (QED) is 0.805. The van der Waals surface area contributed by atoms with E-state index in [-0.39, 0.29) is 6.04 Å². The van der Waals surface area contributed by atoms with E-state index in [0.717, 1.165) is 24.5 Å². The third-order valence-corrected chi connectivity index (χ3v) is 3.04. The normalized spacial score (nSPS) is 12.2. The Morgan fingerprint density at radius 1 is 1.05 bits per heavy atom. The van der Waals surface area contributed by atoms with Crippen molar-refractivity contribution >= 4 is 5.69 Å². The van der Waals surface area contributed by atoms with E-state index in [0.29, 0.717) is 5.69 Å². The summed E-state index contributed by atoms with van der Waals surface area (Å²) in [5, 5.41) is 3.15. The molecule has 0 saturated carbocycles. The lowest BCUT2D eigenvalue weighted by molar-refractivity contribution is 0.580. The van der Waals surface area contributed by atoms with Gasteiger partial charge < -0.3 is 5.32 Å². The molecule has 0 aliphatic rings. The number of anilines is 1. The fourth-order valence-electron chi connectivity index (χ4n) is 2.09. The molecule has 0 bridgehead atoms. The van der Waals surface area contributed by atoms with Crippen LogP contribution in [-0.4, -0.2) is 0 Å². The van der Waals surface area contributed by atoms with Crippen molar-refractivity contribution in [2.45, 2.75) is 25.8 Å². The van der Waals surface area contributed by atoms with Crippen LogP contribution in [0.3, 0.4) is 0 Å². The predicted octanol–water partition coefficient (Wildman–Crippen LogP) is 4.92. The average molecular weight is 261 g/mol. The standard InChI is InChI=1S/C16H17F2N/c1-2-6-15(12-7-4-3-5-8-12)19-16-10-9-13(17)11-14(16)18/h3-5,7-11,15,19H,2,6H2,1H3. The van der Waals surface area contributed by atoms with Gasteiger partial charge in [-0.3, -0.25) is 0 Å². The summed E-state index contributed by atoms with van der Waals surface area (Å²) >= 11 is 0. The van der Waals surface area contributed by atoms with Gasteiger partial charge in [0.2, 0.25) is 0 Å². The Kier molecular flexibility index (Phi) is 4.50. The molecule has 1 atom stereocenters. The largest absolute Gasteiger partial charge is 0.376 e. The van der Waals surface area contributed by atoms with Crippen LogP contribution < -0.4 is 5.32 Å². The molecule has 2 aromatic rings. The van der Waals surface area contributed by atoms with Crippen molar-refractivity contribution in [2.75, 3.05) is 5.32 Å². The summed E-state index contributed by atoms with van der Waals surface area (Å²) in [6.45, 7) is 2.08. The molecule has 0 saturated heterocycles. The van der Waals surface area contributed by atoms with Crippen LogP contribution in [0.1, 0.15) is 31.4 Å². The summed E-state index contributed by atoms with van der Waals surface area (Å²) in [5.74, 6) is -1.12. The lowest BCUT2D eigenvalue weighted by Crippen LogP contribution is -2.11. The van der Waals surface area contributed by atoms with Crippen LogP contribution in [0.4, 0.5) is 14.5 Å². The highest BCUT2D eigenvalue weighted by Gasteiger charge is 2.12. The molecule has 0 spiro atoms. The monoisotopic (exact) mass is 261 g/mol. The highest BCUT2D eigenvalue weighted by Crippen LogP contribution is 2.25. The summed E-state index contributed by atoms with van der Waals surface area (Å²) in [6.07, 6.45) is 1.87. The van der Waals surface area contributed by atoms with Crippen molar-refractivity contribution in [3.05, 3.63) is 65.7 Å². The topological polar surface area (TPSA) is 12.0 Å². The number of benzene rings is 2. The van der Waals surface area contributed by atoms with Crippen LogP contribution in [0.5, 0.6) is 0 Å². The van der Waals surface area contributed by atoms with Gasteiger partial charge in [-0.2, -0.15) is 0 Å². The van der Waals surface area contributed by atoms with Gasteiger partial charge in [-0.15, -0.1) is 0 Å². The maximum Gasteiger partial charge on any atom is 0.149 e. The fourth-order valence-corrected chi connectivity index (χ4v) is 2.09. The van der Waals surface area contributed by atoms with Crippen LogP contribution in [0.2, 0.25) is 0 Å². The molecule has 3 heteroatoms. The first kappa shape index (κ1) is 13.5. The van der Waals surface area contributed by atoms with Gasteiger partial charge in [-0.25, -0.2) is 8.78 Å². The first-order valence-corrected chi connectivity index (χ1v) is 6.47. The molecule has 0 aromatic heterocycles. The minimum absolute atomic E-state index is 0.0335. The summed E-state index contributed by atoms with van der Waals surface area (Å²) in [6, 6.07) is 13.5. The van der Waals surface area contributed by atoms with E-state index in [4.69, 9.17) is 0 Å². The highest BCUT2D eigenvalue weighted by atomic mass is 19.1. The number of nitrogens with one attached hydrogen (secondary N) is 1. The zero-order valence-corrected chi connectivity index (χ0v) is 10.9. The van der Waals surface area contributed by atoms with Crippen molar-refractivity contribution in [3.63, 3.8) is 0 Å². The molecule has 100 valence electrons. The zero-order valence-electron chi connectivity index (χ0n) is 10.9. The SMILES string of the molecule is CCCC(Nc1ccc(F)cc1F)c1ccccc1. The summed E-state index contributed by atoms with van der Waals surface area (Å²) < 4.78 is 26.6. The Bertz CT molecular complexity index is 526. The Balaban J connectivity index is 2.21. The Morgan fingerprint density at radius 2 is 1.79 bits per heavy atom. The van der Waals surface area contributed by atoms with Gasteiger partial charge >= 0.3 is 0 Å². The van der Waals surface area contributed by atoms with Crippen molar-refractivity contribution in [1.82, 2.24) is 0 Å². The van der Waals surface area contributed by atoms with E-state index >= 15 is 0 Å². The zero-order chi connectivity index (χ0) is 13.7. The molecule has 0 aliphatic heterocycles. The molecule has 1 nitrogen and oxygen atoms in total. The van der Waals surface area contributed by atoms with Crippen molar-refractivity contribution < 1.29 is 8.78 Å². The third-order valence-electron chi connectivity index (χ3n) is 3.04. The van der Waals surface area contributed by atoms with Gasteiger partial charge in [0.25, 0.3) is 0 Å². The summed E-state index contributed by atoms with van der Waals surface area (Å²) in [7, 11) is 0. The van der Waals surface area contributed by atoms with E-state index in [1.165, 1.54) is 12.1 Å². The van der Waals surface area contributed by atoms with Crippen LogP contribution in [0.15, 0.2) is 48.5 Å². The van der Waals surface area contributed by atoms with Crippen LogP contribution in [0.25, 0.3) is 0 Å². The number of hydrogen-bond donors (Lipinski definition) is 1. The number of halogens is 2. The van der Waals surface area contributed by atoms with E-state index in [2.05, 4.69) is 12.2 Å². The van der Waals surface area contributed by atoms with Gasteiger partial charge in [0.15, 0.2) is 0 Å². The molecule has 0 fully saturated rings. The summed E-state index contributed by atoms with van der Waals surface area (Å²) in [4.78, 5) is 0. The smallest absolute Gasteiger partial charge is 0.149 e. The van der Waals surface area contributed by atoms with Gasteiger partial charge in [0.1, 0.15) is 11.6 Å². The summed E-state index contributed by atoms with van der Waals surface area (Å²) in [5.41, 5.74) is 1.44. The maximum atomic E-state index is 13.7. The second-order valence-electron chi connectivity index (χ2n) is 4.52. The van der Waals surface area contributed by atoms with E-state index in [9.17, 15) is 8.78 Å². The van der Waals surface area contributed by atoms with Gasteiger partial charge in [0.05, 0.1) is 11.7 Å². The molecule has 0 heterocycles. The van der Waals surface area contributed by atoms with Crippen LogP contribution in [0, 0.1) is 11.6 Å². The number of hydrogen-bond acceptors (Lipinski definition) is 1. The maximum absolute atomic E-state index is 13.7. The second-order valence-corrected chi connectivity index (χ2v) is 4.52. The van der Waals surface area contributed by atoms with Crippen molar-refractivity contribution in [1.29, 1.82) is 0 Å². The lowest BCUT2D eigenvalue weighted by atomic mass is 10.0. The minimum Gasteiger partial charge on any atom is -0.376 e. The molecule has 0 amide bonds. The van der Waals surface area contributed by atoms with Gasteiger partial charge in [-0.1, -0.05) is 43.7 Å². The molecule has 2 rings (SSSR count). The molecule has 2 aromatic carbocycles. The average Bonchev–Trinajstić information content (AvgIpc) is 2.42. The Morgan fingerprint density at radius 3 is 2.42 bits per heavy atom. The van der Waals surface area contributed by atoms with E-state index in [1.54, 1.807) is 0 Å². The molecule has 1 N–H and O–H groups in total. The molecule has 1 unspecified atom stereocenters. The Hall–Kier alpha value is -1.90. The number of rotatable bonds is 5. The van der Waals surface area contributed by atoms with Crippen molar-refractivity contribution in [2.24, 2.45) is 0 Å². The van der Waals surface area contributed by atoms with Crippen molar-refractivity contribution in [3.8, 4) is 0 Å². The van der Waals surface area contributed by atoms with E-state index < -0.39 is 11.6 Å². The third kappa shape index (κ3) is 3.53. The molecule has 0 radical (unpaired) electrons. The predicted molar refractivity (Wildman–Crippen MR) is 74.1 cm³/mol. The first-order valence-electron chi connectivity index (χ1n) is 6.47. The Labute approximate surface area is 112 Å². The highest BCUT2D eigenvalue weighted by molar-refractivity contribution is 5.47. The van der Waals surface area contributed by atoms with Gasteiger partial charge in [0, 0.05) is 6.07 Å². The fraction of sp³-hybridized carbons (Fsp3) is 0.250. The molecule has 19 heavy (non-hydrogen) atoms.